The van der Waals surface area contributed by atoms with E-state index in [1.54, 1.807) is 12.1 Å². The second kappa shape index (κ2) is 8.12. The number of anilines is 1. The lowest BCUT2D eigenvalue weighted by Crippen LogP contribution is -3.07. The summed E-state index contributed by atoms with van der Waals surface area (Å²) in [5, 5.41) is 14.6. The summed E-state index contributed by atoms with van der Waals surface area (Å²) in [4.78, 5) is 11.1. The van der Waals surface area contributed by atoms with Gasteiger partial charge in [-0.2, -0.15) is 0 Å². The number of carbonyl (C=O) groups excluding carboxylic acids is 1. The van der Waals surface area contributed by atoms with Gasteiger partial charge in [0.05, 0.1) is 6.54 Å². The van der Waals surface area contributed by atoms with Crippen LogP contribution in [0, 0.1) is 5.21 Å². The lowest BCUT2D eigenvalue weighted by Gasteiger charge is -2.21. The van der Waals surface area contributed by atoms with Crippen molar-refractivity contribution in [2.75, 3.05) is 18.5 Å². The van der Waals surface area contributed by atoms with E-state index in [9.17, 15) is 10.0 Å². The molecule has 0 bridgehead atoms. The standard InChI is InChI=1S/C18H20N2O3/c1-3-18(21)23-17-11-7-15(8-12-17)14-5-9-16(10-6-14)19-13-20(22)4-2/h3,5-12,19-20H,1,4,13H2,2H3. The van der Waals surface area contributed by atoms with E-state index in [1.165, 1.54) is 0 Å². The molecule has 0 aliphatic heterocycles. The van der Waals surface area contributed by atoms with Crippen LogP contribution in [0.1, 0.15) is 6.92 Å². The summed E-state index contributed by atoms with van der Waals surface area (Å²) in [6.07, 6.45) is 1.13. The molecule has 0 aliphatic carbocycles. The number of hydrogen-bond donors (Lipinski definition) is 2. The van der Waals surface area contributed by atoms with Crippen LogP contribution in [-0.2, 0) is 4.79 Å². The Morgan fingerprint density at radius 2 is 1.74 bits per heavy atom. The maximum Gasteiger partial charge on any atom is 0.335 e. The highest BCUT2D eigenvalue weighted by molar-refractivity contribution is 5.83. The number of benzene rings is 2. The Hall–Kier alpha value is -2.63. The predicted molar refractivity (Wildman–Crippen MR) is 91.1 cm³/mol. The average molecular weight is 312 g/mol. The number of nitrogens with one attached hydrogen (secondary N) is 2. The molecule has 1 unspecified atom stereocenters. The molecule has 2 rings (SSSR count). The molecule has 0 heterocycles. The third-order valence-electron chi connectivity index (χ3n) is 3.34. The van der Waals surface area contributed by atoms with Crippen LogP contribution in [0.3, 0.4) is 0 Å². The molecule has 0 radical (unpaired) electrons. The summed E-state index contributed by atoms with van der Waals surface area (Å²) in [5.74, 6) is 0.00446. The third-order valence-corrected chi connectivity index (χ3v) is 3.34. The van der Waals surface area contributed by atoms with Crippen LogP contribution in [0.25, 0.3) is 11.1 Å². The van der Waals surface area contributed by atoms with E-state index in [2.05, 4.69) is 11.9 Å². The van der Waals surface area contributed by atoms with Crippen molar-refractivity contribution in [3.05, 3.63) is 66.4 Å². The smallest absolute Gasteiger partial charge is 0.335 e. The zero-order chi connectivity index (χ0) is 16.7. The molecule has 0 amide bonds. The molecule has 1 atom stereocenters. The maximum absolute atomic E-state index is 11.3. The number of rotatable bonds is 7. The van der Waals surface area contributed by atoms with Gasteiger partial charge in [-0.15, -0.1) is 0 Å². The summed E-state index contributed by atoms with van der Waals surface area (Å²) in [7, 11) is 0. The monoisotopic (exact) mass is 312 g/mol. The lowest BCUT2D eigenvalue weighted by molar-refractivity contribution is -0.842. The molecule has 5 nitrogen and oxygen atoms in total. The Morgan fingerprint density at radius 1 is 1.17 bits per heavy atom. The first kappa shape index (κ1) is 16.7. The van der Waals surface area contributed by atoms with Crippen LogP contribution in [0.15, 0.2) is 61.2 Å². The van der Waals surface area contributed by atoms with Gasteiger partial charge in [-0.1, -0.05) is 30.8 Å². The van der Waals surface area contributed by atoms with Gasteiger partial charge in [0.1, 0.15) is 12.4 Å². The van der Waals surface area contributed by atoms with Crippen LogP contribution in [0.5, 0.6) is 5.75 Å². The van der Waals surface area contributed by atoms with Gasteiger partial charge in [-0.05, 0) is 42.3 Å². The average Bonchev–Trinajstić information content (AvgIpc) is 2.60. The quantitative estimate of drug-likeness (QED) is 0.270. The zero-order valence-electron chi connectivity index (χ0n) is 13.0. The van der Waals surface area contributed by atoms with Gasteiger partial charge in [0.25, 0.3) is 0 Å². The molecule has 2 aromatic rings. The van der Waals surface area contributed by atoms with Crippen molar-refractivity contribution in [1.82, 2.24) is 0 Å². The molecule has 0 saturated heterocycles. The van der Waals surface area contributed by atoms with Crippen LogP contribution in [-0.4, -0.2) is 19.2 Å². The zero-order valence-corrected chi connectivity index (χ0v) is 13.0. The highest BCUT2D eigenvalue weighted by atomic mass is 16.5. The Labute approximate surface area is 135 Å². The minimum Gasteiger partial charge on any atom is -0.633 e. The van der Waals surface area contributed by atoms with Crippen molar-refractivity contribution >= 4 is 11.7 Å². The fourth-order valence-corrected chi connectivity index (χ4v) is 1.98. The maximum atomic E-state index is 11.3. The first-order chi connectivity index (χ1) is 11.1. The second-order valence-corrected chi connectivity index (χ2v) is 4.97. The molecule has 0 aromatic heterocycles. The molecule has 0 spiro atoms. The van der Waals surface area contributed by atoms with Crippen molar-refractivity contribution in [3.8, 4) is 16.9 Å². The lowest BCUT2D eigenvalue weighted by atomic mass is 10.1. The van der Waals surface area contributed by atoms with Crippen molar-refractivity contribution in [2.45, 2.75) is 6.92 Å². The Kier molecular flexibility index (Phi) is 5.91. The van der Waals surface area contributed by atoms with Crippen molar-refractivity contribution < 1.29 is 14.6 Å². The summed E-state index contributed by atoms with van der Waals surface area (Å²) in [6, 6.07) is 15.1. The minimum atomic E-state index is -0.477. The molecular weight excluding hydrogens is 292 g/mol. The van der Waals surface area contributed by atoms with Crippen molar-refractivity contribution in [3.63, 3.8) is 0 Å². The molecule has 2 aromatic carbocycles. The van der Waals surface area contributed by atoms with Crippen LogP contribution in [0.2, 0.25) is 0 Å². The van der Waals surface area contributed by atoms with Gasteiger partial charge in [0.15, 0.2) is 0 Å². The van der Waals surface area contributed by atoms with E-state index < -0.39 is 5.97 Å². The van der Waals surface area contributed by atoms with Gasteiger partial charge in [-0.25, -0.2) is 4.79 Å². The summed E-state index contributed by atoms with van der Waals surface area (Å²) < 4.78 is 5.04. The summed E-state index contributed by atoms with van der Waals surface area (Å²) >= 11 is 0. The number of hydroxylamine groups is 2. The van der Waals surface area contributed by atoms with E-state index in [0.29, 0.717) is 19.0 Å². The molecule has 2 N–H and O–H groups in total. The Balaban J connectivity index is 2.01. The number of quaternary nitrogens is 1. The fourth-order valence-electron chi connectivity index (χ4n) is 1.98. The highest BCUT2D eigenvalue weighted by Gasteiger charge is 2.02. The normalized spacial score (nSPS) is 11.6. The molecule has 5 heteroatoms. The van der Waals surface area contributed by atoms with Crippen molar-refractivity contribution in [2.24, 2.45) is 0 Å². The highest BCUT2D eigenvalue weighted by Crippen LogP contribution is 2.24. The second-order valence-electron chi connectivity index (χ2n) is 4.97. The van der Waals surface area contributed by atoms with E-state index >= 15 is 0 Å². The third kappa shape index (κ3) is 4.95. The van der Waals surface area contributed by atoms with Gasteiger partial charge in [0, 0.05) is 11.8 Å². The number of hydrogen-bond acceptors (Lipinski definition) is 4. The molecule has 0 aliphatic rings. The Morgan fingerprint density at radius 3 is 2.26 bits per heavy atom. The molecular formula is C18H20N2O3. The van der Waals surface area contributed by atoms with Crippen LogP contribution >= 0.6 is 0 Å². The van der Waals surface area contributed by atoms with E-state index in [4.69, 9.17) is 4.74 Å². The van der Waals surface area contributed by atoms with Gasteiger partial charge >= 0.3 is 5.97 Å². The fraction of sp³-hybridized carbons (Fsp3) is 0.167. The van der Waals surface area contributed by atoms with Crippen LogP contribution < -0.4 is 15.1 Å². The number of esters is 1. The van der Waals surface area contributed by atoms with Crippen molar-refractivity contribution in [1.29, 1.82) is 0 Å². The van der Waals surface area contributed by atoms with E-state index in [1.807, 2.05) is 43.3 Å². The SMILES string of the molecule is C=CC(=O)Oc1ccc(-c2ccc(NC[NH+]([O-])CC)cc2)cc1. The number of ether oxygens (including phenoxy) is 1. The summed E-state index contributed by atoms with van der Waals surface area (Å²) in [5.41, 5.74) is 2.96. The first-order valence-electron chi connectivity index (χ1n) is 7.42. The molecule has 0 fully saturated rings. The minimum absolute atomic E-state index is 0.179. The number of carbonyl (C=O) groups is 1. The first-order valence-corrected chi connectivity index (χ1v) is 7.42. The molecule has 23 heavy (non-hydrogen) atoms. The van der Waals surface area contributed by atoms with Gasteiger partial charge in [-0.3, -0.25) is 0 Å². The topological polar surface area (TPSA) is 65.8 Å². The van der Waals surface area contributed by atoms with Gasteiger partial charge in [0.2, 0.25) is 0 Å². The van der Waals surface area contributed by atoms with E-state index in [-0.39, 0.29) is 5.06 Å². The summed E-state index contributed by atoms with van der Waals surface area (Å²) in [6.45, 7) is 6.09. The molecule has 0 saturated carbocycles. The van der Waals surface area contributed by atoms with Crippen LogP contribution in [0.4, 0.5) is 5.69 Å². The molecule has 120 valence electrons. The largest absolute Gasteiger partial charge is 0.633 e. The van der Waals surface area contributed by atoms with E-state index in [0.717, 1.165) is 22.9 Å². The predicted octanol–water partition coefficient (Wildman–Crippen LogP) is 2.22. The Bertz CT molecular complexity index is 651. The van der Waals surface area contributed by atoms with Gasteiger partial charge < -0.3 is 20.3 Å².